The van der Waals surface area contributed by atoms with E-state index >= 15 is 0 Å². The Morgan fingerprint density at radius 3 is 2.75 bits per heavy atom. The van der Waals surface area contributed by atoms with Crippen molar-refractivity contribution in [1.29, 1.82) is 0 Å². The minimum absolute atomic E-state index is 0.365. The van der Waals surface area contributed by atoms with Crippen LogP contribution in [0.25, 0.3) is 0 Å². The summed E-state index contributed by atoms with van der Waals surface area (Å²) in [7, 11) is 0. The van der Waals surface area contributed by atoms with E-state index in [0.717, 1.165) is 0 Å². The summed E-state index contributed by atoms with van der Waals surface area (Å²) in [5.41, 5.74) is 1.33. The van der Waals surface area contributed by atoms with E-state index in [1.54, 1.807) is 25.1 Å². The molecule has 2 N–H and O–H groups in total. The predicted molar refractivity (Wildman–Crippen MR) is 74.0 cm³/mol. The number of hydrogen-bond acceptors (Lipinski definition) is 5. The van der Waals surface area contributed by atoms with Gasteiger partial charge in [-0.3, -0.25) is 0 Å². The lowest BCUT2D eigenvalue weighted by atomic mass is 10.1. The molecule has 0 aromatic heterocycles. The van der Waals surface area contributed by atoms with Gasteiger partial charge < -0.3 is 19.8 Å². The summed E-state index contributed by atoms with van der Waals surface area (Å²) in [6.07, 6.45) is 3.40. The molecule has 0 aliphatic rings. The van der Waals surface area contributed by atoms with Gasteiger partial charge in [0, 0.05) is 11.1 Å². The molecule has 0 spiro atoms. The van der Waals surface area contributed by atoms with Gasteiger partial charge in [-0.2, -0.15) is 0 Å². The molecule has 0 aliphatic carbocycles. The molecule has 6 heteroatoms. The first-order chi connectivity index (χ1) is 9.62. The highest BCUT2D eigenvalue weighted by atomic mass is 16.5. The molecule has 20 heavy (non-hydrogen) atoms. The average Bonchev–Trinajstić information content (AvgIpc) is 2.38. The Morgan fingerprint density at radius 2 is 2.20 bits per heavy atom. The summed E-state index contributed by atoms with van der Waals surface area (Å²) in [6.45, 7) is 5.39. The van der Waals surface area contributed by atoms with Crippen molar-refractivity contribution in [1.82, 2.24) is 0 Å². The van der Waals surface area contributed by atoms with Crippen molar-refractivity contribution >= 4 is 12.2 Å². The van der Waals surface area contributed by atoms with Gasteiger partial charge in [0.25, 0.3) is 0 Å². The van der Waals surface area contributed by atoms with Crippen LogP contribution in [0.3, 0.4) is 0 Å². The number of hydrogen-bond donors (Lipinski definition) is 2. The number of allylic oxidation sites excluding steroid dienone is 1. The maximum atomic E-state index is 10.6. The maximum Gasteiger partial charge on any atom is 0.341 e. The normalized spacial score (nSPS) is 10.4. The predicted octanol–water partition coefficient (Wildman–Crippen LogP) is 2.09. The highest BCUT2D eigenvalue weighted by Crippen LogP contribution is 2.33. The zero-order chi connectivity index (χ0) is 15.0. The molecular formula is C14H17NO5. The second kappa shape index (κ2) is 7.83. The number of aliphatic carboxylic acids is 1. The summed E-state index contributed by atoms with van der Waals surface area (Å²) in [4.78, 5) is 10.6. The van der Waals surface area contributed by atoms with Crippen molar-refractivity contribution in [2.24, 2.45) is 5.16 Å². The van der Waals surface area contributed by atoms with Crippen molar-refractivity contribution < 1.29 is 24.6 Å². The molecule has 0 bridgehead atoms. The van der Waals surface area contributed by atoms with Crippen molar-refractivity contribution in [2.75, 3.05) is 13.2 Å². The summed E-state index contributed by atoms with van der Waals surface area (Å²) in [6, 6.07) is 3.34. The molecule has 1 aromatic rings. The number of carboxylic acid groups (broad SMARTS) is 1. The van der Waals surface area contributed by atoms with Gasteiger partial charge in [0.2, 0.25) is 0 Å². The van der Waals surface area contributed by atoms with Crippen LogP contribution < -0.4 is 9.47 Å². The molecule has 6 nitrogen and oxygen atoms in total. The fourth-order valence-corrected chi connectivity index (χ4v) is 1.69. The third kappa shape index (κ3) is 4.31. The van der Waals surface area contributed by atoms with E-state index in [1.807, 2.05) is 0 Å². The molecule has 0 aliphatic heterocycles. The summed E-state index contributed by atoms with van der Waals surface area (Å²) < 4.78 is 10.7. The van der Waals surface area contributed by atoms with Gasteiger partial charge in [0.1, 0.15) is 0 Å². The first-order valence-corrected chi connectivity index (χ1v) is 6.05. The van der Waals surface area contributed by atoms with Crippen LogP contribution in [0.4, 0.5) is 0 Å². The Balaban J connectivity index is 3.25. The fraction of sp³-hybridized carbons (Fsp3) is 0.286. The van der Waals surface area contributed by atoms with E-state index in [4.69, 9.17) is 19.8 Å². The minimum atomic E-state index is -1.07. The van der Waals surface area contributed by atoms with Crippen molar-refractivity contribution in [3.8, 4) is 11.5 Å². The van der Waals surface area contributed by atoms with Gasteiger partial charge in [0.05, 0.1) is 12.8 Å². The lowest BCUT2D eigenvalue weighted by Crippen LogP contribution is -2.12. The second-order valence-electron chi connectivity index (χ2n) is 3.86. The highest BCUT2D eigenvalue weighted by molar-refractivity contribution is 5.81. The van der Waals surface area contributed by atoms with E-state index in [-0.39, 0.29) is 0 Å². The van der Waals surface area contributed by atoms with Crippen LogP contribution in [-0.2, 0) is 11.2 Å². The molecule has 0 unspecified atom stereocenters. The van der Waals surface area contributed by atoms with Gasteiger partial charge in [0.15, 0.2) is 18.1 Å². The Labute approximate surface area is 116 Å². The van der Waals surface area contributed by atoms with E-state index < -0.39 is 12.6 Å². The van der Waals surface area contributed by atoms with E-state index in [2.05, 4.69) is 11.7 Å². The number of oxime groups is 1. The molecule has 0 heterocycles. The van der Waals surface area contributed by atoms with Crippen LogP contribution in [0.1, 0.15) is 18.1 Å². The number of carbonyl (C=O) groups is 1. The smallest absolute Gasteiger partial charge is 0.341 e. The molecule has 0 amide bonds. The maximum absolute atomic E-state index is 10.6. The van der Waals surface area contributed by atoms with Crippen LogP contribution in [0.15, 0.2) is 29.9 Å². The van der Waals surface area contributed by atoms with Crippen LogP contribution in [0.2, 0.25) is 0 Å². The summed E-state index contributed by atoms with van der Waals surface area (Å²) in [5.74, 6) is -0.301. The quantitative estimate of drug-likeness (QED) is 0.329. The molecule has 108 valence electrons. The first-order valence-electron chi connectivity index (χ1n) is 6.05. The number of carboxylic acids is 1. The third-order valence-electron chi connectivity index (χ3n) is 2.36. The molecule has 0 atom stereocenters. The average molecular weight is 279 g/mol. The lowest BCUT2D eigenvalue weighted by molar-refractivity contribution is -0.139. The topological polar surface area (TPSA) is 88.4 Å². The van der Waals surface area contributed by atoms with Crippen LogP contribution in [-0.4, -0.2) is 35.7 Å². The molecular weight excluding hydrogens is 262 g/mol. The summed E-state index contributed by atoms with van der Waals surface area (Å²) >= 11 is 0. The number of benzene rings is 1. The SMILES string of the molecule is C=CCc1cc(/C=N\O)cc(OCC)c1OCC(=O)O. The molecule has 0 saturated heterocycles. The van der Waals surface area contributed by atoms with Crippen molar-refractivity contribution in [3.05, 3.63) is 35.9 Å². The van der Waals surface area contributed by atoms with E-state index in [0.29, 0.717) is 35.7 Å². The van der Waals surface area contributed by atoms with E-state index in [1.165, 1.54) is 6.21 Å². The molecule has 0 radical (unpaired) electrons. The van der Waals surface area contributed by atoms with Gasteiger partial charge in [-0.1, -0.05) is 11.2 Å². The number of rotatable bonds is 8. The van der Waals surface area contributed by atoms with Gasteiger partial charge in [-0.05, 0) is 25.5 Å². The zero-order valence-electron chi connectivity index (χ0n) is 11.2. The molecule has 1 aromatic carbocycles. The Hall–Kier alpha value is -2.50. The van der Waals surface area contributed by atoms with Crippen molar-refractivity contribution in [3.63, 3.8) is 0 Å². The zero-order valence-corrected chi connectivity index (χ0v) is 11.2. The first kappa shape index (κ1) is 15.6. The van der Waals surface area contributed by atoms with Gasteiger partial charge >= 0.3 is 5.97 Å². The van der Waals surface area contributed by atoms with Gasteiger partial charge in [-0.25, -0.2) is 4.79 Å². The number of nitrogens with zero attached hydrogens (tertiary/aromatic N) is 1. The molecule has 0 fully saturated rings. The summed E-state index contributed by atoms with van der Waals surface area (Å²) in [5, 5.41) is 20.3. The Morgan fingerprint density at radius 1 is 1.45 bits per heavy atom. The standard InChI is InChI=1S/C14H17NO5/c1-3-5-11-6-10(8-15-18)7-12(19-4-2)14(11)20-9-13(16)17/h3,6-8,18H,1,4-5,9H2,2H3,(H,16,17)/b15-8-. The monoisotopic (exact) mass is 279 g/mol. The van der Waals surface area contributed by atoms with Gasteiger partial charge in [-0.15, -0.1) is 6.58 Å². The molecule has 1 rings (SSSR count). The Bertz CT molecular complexity index is 511. The van der Waals surface area contributed by atoms with Crippen molar-refractivity contribution in [2.45, 2.75) is 13.3 Å². The third-order valence-corrected chi connectivity index (χ3v) is 2.36. The van der Waals surface area contributed by atoms with Crippen LogP contribution >= 0.6 is 0 Å². The van der Waals surface area contributed by atoms with Crippen LogP contribution in [0.5, 0.6) is 11.5 Å². The second-order valence-corrected chi connectivity index (χ2v) is 3.86. The number of ether oxygens (including phenoxy) is 2. The highest BCUT2D eigenvalue weighted by Gasteiger charge is 2.14. The minimum Gasteiger partial charge on any atom is -0.490 e. The molecule has 0 saturated carbocycles. The van der Waals surface area contributed by atoms with Crippen LogP contribution in [0, 0.1) is 0 Å². The Kier molecular flexibility index (Phi) is 6.09. The van der Waals surface area contributed by atoms with E-state index in [9.17, 15) is 4.79 Å². The fourth-order valence-electron chi connectivity index (χ4n) is 1.69. The largest absolute Gasteiger partial charge is 0.490 e. The lowest BCUT2D eigenvalue weighted by Gasteiger charge is -2.15.